The Morgan fingerprint density at radius 3 is 2.58 bits per heavy atom. The number of aromatic amines is 1. The van der Waals surface area contributed by atoms with Gasteiger partial charge < -0.3 is 14.1 Å². The summed E-state index contributed by atoms with van der Waals surface area (Å²) >= 11 is 0. The van der Waals surface area contributed by atoms with Gasteiger partial charge in [0.05, 0.1) is 0 Å². The fraction of sp³-hybridized carbons (Fsp3) is 0.607. The zero-order valence-corrected chi connectivity index (χ0v) is 23.9. The molecule has 1 radical (unpaired) electrons. The Labute approximate surface area is 217 Å². The number of aliphatic imine (C=N–C) groups is 1. The molecule has 1 aromatic carbocycles. The first-order valence-corrected chi connectivity index (χ1v) is 15.5. The summed E-state index contributed by atoms with van der Waals surface area (Å²) in [6.07, 6.45) is 6.18. The first-order valence-electron chi connectivity index (χ1n) is 13.1. The van der Waals surface area contributed by atoms with Crippen molar-refractivity contribution >= 4 is 37.8 Å². The van der Waals surface area contributed by atoms with Gasteiger partial charge in [0.2, 0.25) is 14.9 Å². The van der Waals surface area contributed by atoms with Crippen LogP contribution in [-0.2, 0) is 18.8 Å². The number of benzene rings is 1. The molecular formula is C28H42N3O4Si. The Bertz CT molecular complexity index is 1070. The standard InChI is InChI=1S/C28H42N3O4Si/c1-19(21-18-29-23-16-12-11-14-20(21)23)24-25(32)30-27(35-24)31(5)26(33)22(28(2,3)4)15-10-8-9-13-17-34-36(6)7/h11-12,14,16,18-19,22,24,29H,8-10,13,15,17H2,1-7H3/t19-,22?,24+/m1/s1. The average Bonchev–Trinajstić information content (AvgIpc) is 3.42. The lowest BCUT2D eigenvalue weighted by atomic mass is 9.77. The molecular weight excluding hydrogens is 470 g/mol. The summed E-state index contributed by atoms with van der Waals surface area (Å²) in [5.74, 6) is -0.799. The van der Waals surface area contributed by atoms with Gasteiger partial charge in [-0.1, -0.05) is 65.2 Å². The van der Waals surface area contributed by atoms with Crippen molar-refractivity contribution in [2.45, 2.75) is 84.9 Å². The van der Waals surface area contributed by atoms with E-state index in [0.717, 1.165) is 55.2 Å². The van der Waals surface area contributed by atoms with Crippen LogP contribution in [0.1, 0.15) is 71.3 Å². The Morgan fingerprint density at radius 1 is 1.19 bits per heavy atom. The number of amidine groups is 1. The third-order valence-electron chi connectivity index (χ3n) is 6.99. The van der Waals surface area contributed by atoms with Crippen LogP contribution in [0.15, 0.2) is 35.5 Å². The number of fused-ring (bicyclic) bond motifs is 1. The second-order valence-electron chi connectivity index (χ2n) is 11.1. The third-order valence-corrected chi connectivity index (χ3v) is 7.77. The van der Waals surface area contributed by atoms with Gasteiger partial charge >= 0.3 is 6.02 Å². The van der Waals surface area contributed by atoms with Crippen LogP contribution in [0.5, 0.6) is 0 Å². The number of para-hydroxylation sites is 1. The number of aromatic nitrogens is 1. The molecule has 1 unspecified atom stereocenters. The zero-order valence-electron chi connectivity index (χ0n) is 22.9. The van der Waals surface area contributed by atoms with Gasteiger partial charge in [0, 0.05) is 42.6 Å². The molecule has 2 amide bonds. The van der Waals surface area contributed by atoms with Crippen LogP contribution in [0, 0.1) is 11.3 Å². The van der Waals surface area contributed by atoms with E-state index in [0.29, 0.717) is 0 Å². The molecule has 1 aliphatic heterocycles. The summed E-state index contributed by atoms with van der Waals surface area (Å²) < 4.78 is 11.7. The summed E-state index contributed by atoms with van der Waals surface area (Å²) in [6.45, 7) is 13.4. The van der Waals surface area contributed by atoms with Gasteiger partial charge in [0.1, 0.15) is 0 Å². The highest BCUT2D eigenvalue weighted by Crippen LogP contribution is 2.34. The van der Waals surface area contributed by atoms with Crippen LogP contribution in [0.4, 0.5) is 0 Å². The molecule has 8 heteroatoms. The summed E-state index contributed by atoms with van der Waals surface area (Å²) in [5, 5.41) is 1.06. The van der Waals surface area contributed by atoms with E-state index in [4.69, 9.17) is 9.16 Å². The van der Waals surface area contributed by atoms with E-state index in [9.17, 15) is 9.59 Å². The van der Waals surface area contributed by atoms with Crippen LogP contribution in [0.3, 0.4) is 0 Å². The van der Waals surface area contributed by atoms with Crippen LogP contribution in [-0.4, -0.2) is 56.5 Å². The van der Waals surface area contributed by atoms with Gasteiger partial charge in [0.15, 0.2) is 6.10 Å². The number of rotatable bonds is 11. The van der Waals surface area contributed by atoms with Gasteiger partial charge in [-0.2, -0.15) is 4.99 Å². The molecule has 3 rings (SSSR count). The Kier molecular flexibility index (Phi) is 9.52. The first-order chi connectivity index (χ1) is 17.0. The lowest BCUT2D eigenvalue weighted by Gasteiger charge is -2.32. The van der Waals surface area contributed by atoms with Crippen molar-refractivity contribution in [3.05, 3.63) is 36.0 Å². The van der Waals surface area contributed by atoms with E-state index in [1.807, 2.05) is 37.4 Å². The van der Waals surface area contributed by atoms with E-state index in [-0.39, 0.29) is 35.1 Å². The third kappa shape index (κ3) is 6.85. The number of hydrogen-bond donors (Lipinski definition) is 1. The van der Waals surface area contributed by atoms with Gasteiger partial charge in [-0.05, 0) is 43.0 Å². The lowest BCUT2D eigenvalue weighted by Crippen LogP contribution is -2.43. The number of H-pyrrole nitrogens is 1. The number of unbranched alkanes of at least 4 members (excludes halogenated alkanes) is 3. The van der Waals surface area contributed by atoms with Crippen molar-refractivity contribution < 1.29 is 18.8 Å². The Hall–Kier alpha value is -2.45. The first kappa shape index (κ1) is 28.1. The lowest BCUT2D eigenvalue weighted by molar-refractivity contribution is -0.135. The molecule has 7 nitrogen and oxygen atoms in total. The molecule has 1 aliphatic rings. The quantitative estimate of drug-likeness (QED) is 0.300. The number of ether oxygens (including phenoxy) is 1. The van der Waals surface area contributed by atoms with E-state index in [1.165, 1.54) is 4.90 Å². The van der Waals surface area contributed by atoms with Crippen molar-refractivity contribution in [1.29, 1.82) is 0 Å². The second-order valence-corrected chi connectivity index (χ2v) is 13.2. The van der Waals surface area contributed by atoms with Crippen LogP contribution in [0.2, 0.25) is 13.1 Å². The van der Waals surface area contributed by atoms with Crippen LogP contribution < -0.4 is 0 Å². The summed E-state index contributed by atoms with van der Waals surface area (Å²) in [4.78, 5) is 35.2. The number of hydrogen-bond acceptors (Lipinski definition) is 4. The van der Waals surface area contributed by atoms with Crippen molar-refractivity contribution in [3.8, 4) is 0 Å². The minimum atomic E-state index is -0.752. The van der Waals surface area contributed by atoms with Crippen molar-refractivity contribution in [2.75, 3.05) is 13.7 Å². The van der Waals surface area contributed by atoms with Crippen molar-refractivity contribution in [3.63, 3.8) is 0 Å². The highest BCUT2D eigenvalue weighted by Gasteiger charge is 2.41. The number of nitrogens with zero attached hydrogens (tertiary/aromatic N) is 2. The predicted octanol–water partition coefficient (Wildman–Crippen LogP) is 5.89. The van der Waals surface area contributed by atoms with E-state index < -0.39 is 15.1 Å². The van der Waals surface area contributed by atoms with Crippen molar-refractivity contribution in [2.24, 2.45) is 16.3 Å². The molecule has 1 N–H and O–H groups in total. The molecule has 0 spiro atoms. The molecule has 3 atom stereocenters. The highest BCUT2D eigenvalue weighted by atomic mass is 28.3. The molecule has 0 aliphatic carbocycles. The molecule has 2 aromatic rings. The minimum Gasteiger partial charge on any atom is -0.450 e. The van der Waals surface area contributed by atoms with E-state index >= 15 is 0 Å². The molecule has 197 valence electrons. The SMILES string of the molecule is C[C@H](c1c[nH]c2ccccc12)[C@@H]1OC(N(C)C(=O)C(CCCCCCO[Si](C)C)C(C)(C)C)=NC1=O. The van der Waals surface area contributed by atoms with Crippen LogP contribution in [0.25, 0.3) is 10.9 Å². The van der Waals surface area contributed by atoms with Gasteiger partial charge in [0.25, 0.3) is 5.91 Å². The number of carbonyl (C=O) groups is 2. The largest absolute Gasteiger partial charge is 0.450 e. The highest BCUT2D eigenvalue weighted by molar-refractivity contribution is 6.48. The predicted molar refractivity (Wildman–Crippen MR) is 146 cm³/mol. The zero-order chi connectivity index (χ0) is 26.5. The average molecular weight is 513 g/mol. The van der Waals surface area contributed by atoms with Crippen molar-refractivity contribution in [1.82, 2.24) is 9.88 Å². The Balaban J connectivity index is 1.60. The van der Waals surface area contributed by atoms with Crippen LogP contribution >= 0.6 is 0 Å². The van der Waals surface area contributed by atoms with E-state index in [2.05, 4.69) is 43.8 Å². The minimum absolute atomic E-state index is 0.0537. The molecule has 0 saturated heterocycles. The van der Waals surface area contributed by atoms with Gasteiger partial charge in [-0.3, -0.25) is 14.5 Å². The normalized spacial score (nSPS) is 17.8. The smallest absolute Gasteiger partial charge is 0.302 e. The molecule has 0 fully saturated rings. The summed E-state index contributed by atoms with van der Waals surface area (Å²) in [7, 11) is 1.04. The number of amides is 2. The fourth-order valence-electron chi connectivity index (χ4n) is 4.79. The topological polar surface area (TPSA) is 84.0 Å². The summed E-state index contributed by atoms with van der Waals surface area (Å²) in [5.41, 5.74) is 1.80. The summed E-state index contributed by atoms with van der Waals surface area (Å²) in [6, 6.07) is 8.08. The van der Waals surface area contributed by atoms with Gasteiger partial charge in [-0.25, -0.2) is 0 Å². The Morgan fingerprint density at radius 2 is 1.89 bits per heavy atom. The molecule has 0 bridgehead atoms. The maximum atomic E-state index is 13.5. The van der Waals surface area contributed by atoms with E-state index in [1.54, 1.807) is 7.05 Å². The maximum Gasteiger partial charge on any atom is 0.302 e. The number of carbonyl (C=O) groups excluding carboxylic acids is 2. The molecule has 0 saturated carbocycles. The fourth-order valence-corrected chi connectivity index (χ4v) is 5.34. The second kappa shape index (κ2) is 12.2. The number of nitrogens with one attached hydrogen (secondary N) is 1. The molecule has 36 heavy (non-hydrogen) atoms. The maximum absolute atomic E-state index is 13.5. The van der Waals surface area contributed by atoms with Gasteiger partial charge in [-0.15, -0.1) is 0 Å². The monoisotopic (exact) mass is 512 g/mol. The molecule has 2 heterocycles. The molecule has 1 aromatic heterocycles.